The number of rotatable bonds is 8. The van der Waals surface area contributed by atoms with Crippen LogP contribution in [-0.2, 0) is 9.53 Å². The number of hydrogen-bond acceptors (Lipinski definition) is 6. The number of aromatic nitrogens is 1. The molecule has 2 atom stereocenters. The summed E-state index contributed by atoms with van der Waals surface area (Å²) in [7, 11) is 0. The van der Waals surface area contributed by atoms with Gasteiger partial charge >= 0.3 is 5.97 Å². The van der Waals surface area contributed by atoms with Gasteiger partial charge < -0.3 is 20.6 Å². The molecule has 34 heavy (non-hydrogen) atoms. The summed E-state index contributed by atoms with van der Waals surface area (Å²) < 4.78 is 31.3. The zero-order chi connectivity index (χ0) is 26.8. The van der Waals surface area contributed by atoms with Crippen LogP contribution >= 0.6 is 0 Å². The molecule has 4 rings (SSSR count). The van der Waals surface area contributed by atoms with Crippen LogP contribution in [-0.4, -0.2) is 30.3 Å². The second-order valence-corrected chi connectivity index (χ2v) is 8.65. The van der Waals surface area contributed by atoms with Crippen molar-refractivity contribution in [3.8, 4) is 0 Å². The van der Waals surface area contributed by atoms with Gasteiger partial charge in [0.1, 0.15) is 12.9 Å². The van der Waals surface area contributed by atoms with Crippen LogP contribution in [0.5, 0.6) is 0 Å². The number of ether oxygens (including phenoxy) is 1. The number of carbonyl (C=O) groups is 2. The Morgan fingerprint density at radius 1 is 1.29 bits per heavy atom. The molecule has 0 saturated carbocycles. The molecule has 2 unspecified atom stereocenters. The Labute approximate surface area is 203 Å². The molecule has 174 valence electrons. The number of benzene rings is 2. The second kappa shape index (κ2) is 9.91. The van der Waals surface area contributed by atoms with E-state index in [0.29, 0.717) is 34.0 Å². The number of nitrogens with zero attached hydrogens (tertiary/aromatic N) is 1. The molecule has 0 fully saturated rings. The summed E-state index contributed by atoms with van der Waals surface area (Å²) in [6.45, 7) is 1.28. The smallest absolute Gasteiger partial charge is 0.338 e. The molecule has 1 aromatic heterocycles. The number of allylic oxidation sites excluding steroid dienone is 3. The number of hydrogen-bond donors (Lipinski definition) is 2. The highest BCUT2D eigenvalue weighted by Gasteiger charge is 2.39. The first-order chi connectivity index (χ1) is 17.5. The number of carbonyl (C=O) groups excluding carboxylic acids is 2. The van der Waals surface area contributed by atoms with Gasteiger partial charge in [0.2, 0.25) is 0 Å². The number of nitrogens with one attached hydrogen (secondary N) is 1. The zero-order valence-corrected chi connectivity index (χ0v) is 19.2. The number of nitrogens with two attached hydrogens (primary N) is 1. The fourth-order valence-corrected chi connectivity index (χ4v) is 4.16. The van der Waals surface area contributed by atoms with Gasteiger partial charge in [0.05, 0.1) is 6.93 Å². The highest BCUT2D eigenvalue weighted by molar-refractivity contribution is 5.91. The van der Waals surface area contributed by atoms with E-state index in [-0.39, 0.29) is 19.2 Å². The monoisotopic (exact) mass is 458 g/mol. The minimum Gasteiger partial charge on any atom is -0.461 e. The number of aldehydes is 1. The Bertz CT molecular complexity index is 1420. The van der Waals surface area contributed by atoms with Crippen molar-refractivity contribution in [2.24, 2.45) is 17.1 Å². The van der Waals surface area contributed by atoms with Crippen molar-refractivity contribution >= 4 is 28.7 Å². The Hall–Kier alpha value is -3.93. The van der Waals surface area contributed by atoms with E-state index in [1.807, 2.05) is 26.0 Å². The highest BCUT2D eigenvalue weighted by Crippen LogP contribution is 2.38. The van der Waals surface area contributed by atoms with Crippen molar-refractivity contribution in [2.45, 2.75) is 20.3 Å². The van der Waals surface area contributed by atoms with E-state index in [2.05, 4.69) is 10.3 Å². The first-order valence-electron chi connectivity index (χ1n) is 12.5. The van der Waals surface area contributed by atoms with Gasteiger partial charge in [-0.05, 0) is 55.1 Å². The third-order valence-electron chi connectivity index (χ3n) is 6.04. The summed E-state index contributed by atoms with van der Waals surface area (Å²) in [6.07, 6.45) is 7.36. The molecule has 6 heteroatoms. The molecule has 1 aliphatic rings. The standard InChI is InChI=1S/C28H29N3O3/c1-19-5-8-26(20(2)12-19)27(33)34-18-28(10-3-4-24(29)14-28)23(17-32)16-31-25-7-6-22-15-30-11-9-21(22)13-25/h3-13,15,17,23,31H,14,16,18,29H2,1-2H3/i15D,16D2. The Balaban J connectivity index is 1.62. The van der Waals surface area contributed by atoms with Crippen molar-refractivity contribution in [2.75, 3.05) is 18.4 Å². The second-order valence-electron chi connectivity index (χ2n) is 8.65. The van der Waals surface area contributed by atoms with Crippen molar-refractivity contribution in [3.63, 3.8) is 0 Å². The predicted molar refractivity (Wildman–Crippen MR) is 134 cm³/mol. The third-order valence-corrected chi connectivity index (χ3v) is 6.04. The van der Waals surface area contributed by atoms with E-state index in [1.165, 1.54) is 6.20 Å². The first-order valence-corrected chi connectivity index (χ1v) is 11.0. The Kier molecular flexibility index (Phi) is 5.69. The average Bonchev–Trinajstić information content (AvgIpc) is 2.82. The van der Waals surface area contributed by atoms with E-state index >= 15 is 0 Å². The van der Waals surface area contributed by atoms with Gasteiger partial charge in [0, 0.05) is 56.1 Å². The minimum atomic E-state index is -2.24. The maximum Gasteiger partial charge on any atom is 0.338 e. The normalized spacial score (nSPS) is 19.9. The fraction of sp³-hybridized carbons (Fsp3) is 0.250. The van der Waals surface area contributed by atoms with Gasteiger partial charge in [-0.25, -0.2) is 4.79 Å². The summed E-state index contributed by atoms with van der Waals surface area (Å²) in [5, 5.41) is 4.18. The van der Waals surface area contributed by atoms with Gasteiger partial charge in [0.25, 0.3) is 0 Å². The van der Waals surface area contributed by atoms with Crippen molar-refractivity contribution in [1.82, 2.24) is 4.98 Å². The largest absolute Gasteiger partial charge is 0.461 e. The number of esters is 1. The number of pyridine rings is 1. The summed E-state index contributed by atoms with van der Waals surface area (Å²) in [5.74, 6) is -1.80. The van der Waals surface area contributed by atoms with E-state index in [0.717, 1.165) is 11.1 Å². The SMILES string of the molecule is [2H]c1nccc2cc(NC([2H])([2H])C(C=O)C3(COC(=O)c4ccc(C)cc4C)C=CC=C(N)C3)ccc12. The van der Waals surface area contributed by atoms with E-state index < -0.39 is 23.8 Å². The molecule has 0 aliphatic heterocycles. The topological polar surface area (TPSA) is 94.3 Å². The van der Waals surface area contributed by atoms with Crippen LogP contribution in [0.1, 0.15) is 32.0 Å². The number of fused-ring (bicyclic) bond motifs is 1. The van der Waals surface area contributed by atoms with Crippen LogP contribution in [0.15, 0.2) is 78.8 Å². The van der Waals surface area contributed by atoms with Crippen molar-refractivity contribution in [1.29, 1.82) is 0 Å². The van der Waals surface area contributed by atoms with E-state index in [9.17, 15) is 9.59 Å². The molecule has 3 N–H and O–H groups in total. The molecule has 0 saturated heterocycles. The van der Waals surface area contributed by atoms with E-state index in [4.69, 9.17) is 14.6 Å². The van der Waals surface area contributed by atoms with Crippen molar-refractivity contribution < 1.29 is 18.4 Å². The Morgan fingerprint density at radius 2 is 2.15 bits per heavy atom. The molecular weight excluding hydrogens is 426 g/mol. The summed E-state index contributed by atoms with van der Waals surface area (Å²) >= 11 is 0. The van der Waals surface area contributed by atoms with E-state index in [1.54, 1.807) is 48.6 Å². The molecule has 0 amide bonds. The summed E-state index contributed by atoms with van der Waals surface area (Å²) in [5.41, 5.74) is 7.99. The lowest BCUT2D eigenvalue weighted by Gasteiger charge is -2.37. The van der Waals surface area contributed by atoms with Crippen molar-refractivity contribution in [3.05, 3.63) is 95.4 Å². The molecule has 1 heterocycles. The summed E-state index contributed by atoms with van der Waals surface area (Å²) in [4.78, 5) is 29.4. The van der Waals surface area contributed by atoms with Gasteiger partial charge in [-0.3, -0.25) is 4.98 Å². The molecule has 0 radical (unpaired) electrons. The van der Waals surface area contributed by atoms with Crippen LogP contribution < -0.4 is 11.1 Å². The Morgan fingerprint density at radius 3 is 2.91 bits per heavy atom. The molecule has 3 aromatic rings. The quantitative estimate of drug-likeness (QED) is 0.375. The van der Waals surface area contributed by atoms with Crippen LogP contribution in [0.4, 0.5) is 5.69 Å². The lowest BCUT2D eigenvalue weighted by Crippen LogP contribution is -2.41. The lowest BCUT2D eigenvalue weighted by atomic mass is 9.71. The van der Waals surface area contributed by atoms with Gasteiger partial charge in [0.15, 0.2) is 0 Å². The molecule has 1 aliphatic carbocycles. The summed E-state index contributed by atoms with van der Waals surface area (Å²) in [6, 6.07) is 12.1. The molecule has 0 spiro atoms. The van der Waals surface area contributed by atoms with Gasteiger partial charge in [-0.1, -0.05) is 35.9 Å². The maximum absolute atomic E-state index is 12.9. The number of anilines is 1. The minimum absolute atomic E-state index is 0.122. The predicted octanol–water partition coefficient (Wildman–Crippen LogP) is 4.72. The van der Waals surface area contributed by atoms with Crippen LogP contribution in [0.2, 0.25) is 0 Å². The average molecular weight is 459 g/mol. The van der Waals surface area contributed by atoms with Gasteiger partial charge in [-0.2, -0.15) is 0 Å². The maximum atomic E-state index is 12.9. The molecule has 6 nitrogen and oxygen atoms in total. The van der Waals surface area contributed by atoms with Gasteiger partial charge in [-0.15, -0.1) is 0 Å². The lowest BCUT2D eigenvalue weighted by molar-refractivity contribution is -0.114. The van der Waals surface area contributed by atoms with Crippen LogP contribution in [0, 0.1) is 25.2 Å². The molecule has 2 aromatic carbocycles. The number of aryl methyl sites for hydroxylation is 2. The fourth-order valence-electron chi connectivity index (χ4n) is 4.16. The van der Waals surface area contributed by atoms with Crippen LogP contribution in [0.25, 0.3) is 10.8 Å². The first kappa shape index (κ1) is 19.5. The molecular formula is C28H29N3O3. The molecule has 0 bridgehead atoms. The van der Waals surface area contributed by atoms with Crippen LogP contribution in [0.3, 0.4) is 0 Å². The highest BCUT2D eigenvalue weighted by atomic mass is 16.5. The third kappa shape index (κ3) is 5.01. The zero-order valence-electron chi connectivity index (χ0n) is 22.2.